The molecule has 15 heavy (non-hydrogen) atoms. The average Bonchev–Trinajstić information content (AvgIpc) is 2.26. The quantitative estimate of drug-likeness (QED) is 0.789. The molecule has 0 unspecified atom stereocenters. The third-order valence-corrected chi connectivity index (χ3v) is 2.00. The molecular weight excluding hydrogens is 188 g/mol. The summed E-state index contributed by atoms with van der Waals surface area (Å²) in [5, 5.41) is 2.86. The Morgan fingerprint density at radius 2 is 2.27 bits per heavy atom. The minimum Gasteiger partial charge on any atom is -0.497 e. The third kappa shape index (κ3) is 3.38. The zero-order chi connectivity index (χ0) is 11.3. The Balaban J connectivity index is 2.85. The summed E-state index contributed by atoms with van der Waals surface area (Å²) in [5.41, 5.74) is 7.56. The van der Waals surface area contributed by atoms with E-state index in [-0.39, 0.29) is 0 Å². The van der Waals surface area contributed by atoms with E-state index in [9.17, 15) is 0 Å². The summed E-state index contributed by atoms with van der Waals surface area (Å²) in [6.07, 6.45) is 1.82. The fourth-order valence-electron chi connectivity index (χ4n) is 1.15. The van der Waals surface area contributed by atoms with Gasteiger partial charge in [0, 0.05) is 6.20 Å². The summed E-state index contributed by atoms with van der Waals surface area (Å²) in [5.74, 6) is 1.27. The van der Waals surface area contributed by atoms with E-state index >= 15 is 0 Å². The standard InChI is InChI=1S/C12H16N2O/c1-9(8-14-10(2)13)11-5-4-6-12(7-11)15-3/h4-8,14H,2,13H2,1,3H3/b9-8+. The molecule has 0 saturated heterocycles. The summed E-state index contributed by atoms with van der Waals surface area (Å²) in [6, 6.07) is 7.83. The molecular formula is C12H16N2O. The highest BCUT2D eigenvalue weighted by atomic mass is 16.5. The molecule has 0 atom stereocenters. The first-order valence-electron chi connectivity index (χ1n) is 4.65. The van der Waals surface area contributed by atoms with Crippen LogP contribution in [0.25, 0.3) is 5.57 Å². The minimum atomic E-state index is 0.428. The van der Waals surface area contributed by atoms with E-state index in [0.717, 1.165) is 16.9 Å². The average molecular weight is 204 g/mol. The number of ether oxygens (including phenoxy) is 1. The first-order chi connectivity index (χ1) is 7.13. The van der Waals surface area contributed by atoms with Gasteiger partial charge in [-0.15, -0.1) is 0 Å². The lowest BCUT2D eigenvalue weighted by molar-refractivity contribution is 0.414. The van der Waals surface area contributed by atoms with Crippen molar-refractivity contribution in [3.63, 3.8) is 0 Å². The lowest BCUT2D eigenvalue weighted by Gasteiger charge is -2.05. The Labute approximate surface area is 90.2 Å². The van der Waals surface area contributed by atoms with Gasteiger partial charge in [-0.3, -0.25) is 0 Å². The monoisotopic (exact) mass is 204 g/mol. The van der Waals surface area contributed by atoms with Gasteiger partial charge in [0.05, 0.1) is 12.9 Å². The predicted molar refractivity (Wildman–Crippen MR) is 63.1 cm³/mol. The van der Waals surface area contributed by atoms with Crippen molar-refractivity contribution in [2.45, 2.75) is 6.92 Å². The third-order valence-electron chi connectivity index (χ3n) is 2.00. The van der Waals surface area contributed by atoms with E-state index in [1.54, 1.807) is 7.11 Å². The molecule has 0 amide bonds. The van der Waals surface area contributed by atoms with Gasteiger partial charge in [0.1, 0.15) is 5.75 Å². The lowest BCUT2D eigenvalue weighted by Crippen LogP contribution is -2.12. The van der Waals surface area contributed by atoms with Crippen LogP contribution in [0.15, 0.2) is 42.9 Å². The van der Waals surface area contributed by atoms with Crippen molar-refractivity contribution >= 4 is 5.57 Å². The Hall–Kier alpha value is -1.90. The molecule has 3 nitrogen and oxygen atoms in total. The van der Waals surface area contributed by atoms with Gasteiger partial charge in [0.15, 0.2) is 0 Å². The number of nitrogens with one attached hydrogen (secondary N) is 1. The van der Waals surface area contributed by atoms with Crippen molar-refractivity contribution in [1.82, 2.24) is 5.32 Å². The summed E-state index contributed by atoms with van der Waals surface area (Å²) >= 11 is 0. The highest BCUT2D eigenvalue weighted by Gasteiger charge is 1.97. The molecule has 0 aromatic heterocycles. The molecule has 0 radical (unpaired) electrons. The van der Waals surface area contributed by atoms with Crippen molar-refractivity contribution in [3.8, 4) is 5.75 Å². The van der Waals surface area contributed by atoms with Crippen LogP contribution in [0, 0.1) is 0 Å². The summed E-state index contributed by atoms with van der Waals surface area (Å²) in [7, 11) is 1.65. The first-order valence-corrected chi connectivity index (χ1v) is 4.65. The Morgan fingerprint density at radius 1 is 1.53 bits per heavy atom. The molecule has 0 aliphatic carbocycles. The zero-order valence-electron chi connectivity index (χ0n) is 9.08. The van der Waals surface area contributed by atoms with E-state index < -0.39 is 0 Å². The van der Waals surface area contributed by atoms with Gasteiger partial charge in [-0.05, 0) is 30.2 Å². The minimum absolute atomic E-state index is 0.428. The number of hydrogen-bond donors (Lipinski definition) is 2. The van der Waals surface area contributed by atoms with Crippen molar-refractivity contribution in [2.75, 3.05) is 7.11 Å². The summed E-state index contributed by atoms with van der Waals surface area (Å²) in [6.45, 7) is 5.54. The molecule has 80 valence electrons. The van der Waals surface area contributed by atoms with Gasteiger partial charge in [-0.25, -0.2) is 0 Å². The van der Waals surface area contributed by atoms with E-state index in [4.69, 9.17) is 10.5 Å². The Kier molecular flexibility index (Phi) is 3.80. The normalized spacial score (nSPS) is 10.9. The second-order valence-corrected chi connectivity index (χ2v) is 3.23. The molecule has 0 heterocycles. The second-order valence-electron chi connectivity index (χ2n) is 3.23. The molecule has 0 bridgehead atoms. The number of rotatable bonds is 4. The predicted octanol–water partition coefficient (Wildman–Crippen LogP) is 2.08. The van der Waals surface area contributed by atoms with E-state index in [1.807, 2.05) is 37.4 Å². The number of nitrogens with two attached hydrogens (primary N) is 1. The maximum Gasteiger partial charge on any atom is 0.119 e. The largest absolute Gasteiger partial charge is 0.497 e. The van der Waals surface area contributed by atoms with Gasteiger partial charge in [0.2, 0.25) is 0 Å². The summed E-state index contributed by atoms with van der Waals surface area (Å²) < 4.78 is 5.14. The molecule has 0 saturated carbocycles. The molecule has 0 spiro atoms. The van der Waals surface area contributed by atoms with Gasteiger partial charge in [0.25, 0.3) is 0 Å². The molecule has 0 aliphatic rings. The first kappa shape index (κ1) is 11.2. The van der Waals surface area contributed by atoms with Crippen LogP contribution in [0.5, 0.6) is 5.75 Å². The van der Waals surface area contributed by atoms with Crippen LogP contribution in [0.1, 0.15) is 12.5 Å². The van der Waals surface area contributed by atoms with E-state index in [2.05, 4.69) is 11.9 Å². The number of hydrogen-bond acceptors (Lipinski definition) is 3. The lowest BCUT2D eigenvalue weighted by atomic mass is 10.1. The number of allylic oxidation sites excluding steroid dienone is 1. The van der Waals surface area contributed by atoms with Gasteiger partial charge in [-0.2, -0.15) is 0 Å². The van der Waals surface area contributed by atoms with Gasteiger partial charge < -0.3 is 15.8 Å². The topological polar surface area (TPSA) is 47.3 Å². The van der Waals surface area contributed by atoms with Crippen molar-refractivity contribution in [1.29, 1.82) is 0 Å². The van der Waals surface area contributed by atoms with Gasteiger partial charge in [-0.1, -0.05) is 18.7 Å². The van der Waals surface area contributed by atoms with Crippen molar-refractivity contribution < 1.29 is 4.74 Å². The fraction of sp³-hybridized carbons (Fsp3) is 0.167. The highest BCUT2D eigenvalue weighted by Crippen LogP contribution is 2.18. The molecule has 1 aromatic rings. The smallest absolute Gasteiger partial charge is 0.119 e. The number of benzene rings is 1. The van der Waals surface area contributed by atoms with E-state index in [0.29, 0.717) is 5.82 Å². The van der Waals surface area contributed by atoms with Crippen LogP contribution in [-0.4, -0.2) is 7.11 Å². The maximum atomic E-state index is 5.40. The fourth-order valence-corrected chi connectivity index (χ4v) is 1.15. The molecule has 3 N–H and O–H groups in total. The van der Waals surface area contributed by atoms with Crippen LogP contribution in [0.2, 0.25) is 0 Å². The maximum absolute atomic E-state index is 5.40. The van der Waals surface area contributed by atoms with Gasteiger partial charge >= 0.3 is 0 Å². The molecule has 1 aromatic carbocycles. The Bertz CT molecular complexity index is 383. The van der Waals surface area contributed by atoms with E-state index in [1.165, 1.54) is 0 Å². The second kappa shape index (κ2) is 5.10. The molecule has 1 rings (SSSR count). The van der Waals surface area contributed by atoms with Crippen LogP contribution < -0.4 is 15.8 Å². The zero-order valence-corrected chi connectivity index (χ0v) is 9.08. The van der Waals surface area contributed by atoms with Crippen LogP contribution in [-0.2, 0) is 0 Å². The van der Waals surface area contributed by atoms with Crippen molar-refractivity contribution in [3.05, 3.63) is 48.4 Å². The Morgan fingerprint density at radius 3 is 2.87 bits per heavy atom. The number of methoxy groups -OCH3 is 1. The SMILES string of the molecule is C=C(N)N/C=C(\C)c1cccc(OC)c1. The highest BCUT2D eigenvalue weighted by molar-refractivity contribution is 5.64. The van der Waals surface area contributed by atoms with Crippen LogP contribution >= 0.6 is 0 Å². The molecule has 0 fully saturated rings. The molecule has 3 heteroatoms. The van der Waals surface area contributed by atoms with Crippen LogP contribution in [0.3, 0.4) is 0 Å². The van der Waals surface area contributed by atoms with Crippen LogP contribution in [0.4, 0.5) is 0 Å². The summed E-state index contributed by atoms with van der Waals surface area (Å²) in [4.78, 5) is 0. The van der Waals surface area contributed by atoms with Crippen molar-refractivity contribution in [2.24, 2.45) is 5.73 Å². The molecule has 0 aliphatic heterocycles.